The van der Waals surface area contributed by atoms with E-state index in [-0.39, 0.29) is 5.91 Å². The first-order valence-corrected chi connectivity index (χ1v) is 10.4. The predicted octanol–water partition coefficient (Wildman–Crippen LogP) is 3.47. The number of hydrogen-bond acceptors (Lipinski definition) is 4. The first-order chi connectivity index (χ1) is 12.8. The molecule has 2 heterocycles. The molecule has 2 aliphatic rings. The lowest BCUT2D eigenvalue weighted by atomic mass is 10.1. The van der Waals surface area contributed by atoms with Gasteiger partial charge in [0.2, 0.25) is 5.91 Å². The number of carbonyl (C=O) groups excluding carboxylic acids is 1. The van der Waals surface area contributed by atoms with Crippen molar-refractivity contribution in [3.8, 4) is 0 Å². The van der Waals surface area contributed by atoms with E-state index in [4.69, 9.17) is 12.2 Å². The van der Waals surface area contributed by atoms with Gasteiger partial charge in [0, 0.05) is 45.0 Å². The zero-order valence-electron chi connectivity index (χ0n) is 14.9. The molecule has 1 aromatic carbocycles. The molecule has 0 radical (unpaired) electrons. The monoisotopic (exact) mass is 417 g/mol. The van der Waals surface area contributed by atoms with Crippen molar-refractivity contribution in [2.24, 2.45) is 0 Å². The lowest BCUT2D eigenvalue weighted by molar-refractivity contribution is -0.137. The smallest absolute Gasteiger partial charge is 0.368 e. The Hall–Kier alpha value is -1.48. The minimum atomic E-state index is -4.35. The van der Waals surface area contributed by atoms with E-state index in [1.807, 2.05) is 4.90 Å². The number of carbonyl (C=O) groups is 1. The van der Waals surface area contributed by atoms with Crippen molar-refractivity contribution in [3.63, 3.8) is 0 Å². The molecule has 0 N–H and O–H groups in total. The predicted molar refractivity (Wildman–Crippen MR) is 106 cm³/mol. The molecule has 2 fully saturated rings. The summed E-state index contributed by atoms with van der Waals surface area (Å²) in [5.74, 6) is 0.351. The Morgan fingerprint density at radius 2 is 1.70 bits per heavy atom. The molecular formula is C18H22F3N3OS2. The Morgan fingerprint density at radius 3 is 2.33 bits per heavy atom. The zero-order valence-corrected chi connectivity index (χ0v) is 16.5. The van der Waals surface area contributed by atoms with Crippen LogP contribution in [0.4, 0.5) is 18.9 Å². The minimum Gasteiger partial charge on any atom is -0.368 e. The highest BCUT2D eigenvalue weighted by molar-refractivity contribution is 8.23. The van der Waals surface area contributed by atoms with E-state index in [2.05, 4.69) is 4.90 Å². The maximum absolute atomic E-state index is 12.9. The summed E-state index contributed by atoms with van der Waals surface area (Å²) in [6.45, 7) is 3.99. The number of alkyl halides is 3. The number of likely N-dealkylation sites (tertiary alicyclic amines) is 1. The van der Waals surface area contributed by atoms with Crippen LogP contribution < -0.4 is 4.90 Å². The molecule has 4 nitrogen and oxygen atoms in total. The number of halogens is 3. The van der Waals surface area contributed by atoms with Crippen LogP contribution in [-0.4, -0.2) is 65.0 Å². The second-order valence-electron chi connectivity index (χ2n) is 6.66. The molecule has 0 unspecified atom stereocenters. The van der Waals surface area contributed by atoms with Gasteiger partial charge in [-0.25, -0.2) is 0 Å². The van der Waals surface area contributed by atoms with Gasteiger partial charge in [-0.05, 0) is 31.0 Å². The third-order valence-electron chi connectivity index (χ3n) is 4.85. The third-order valence-corrected chi connectivity index (χ3v) is 6.36. The summed E-state index contributed by atoms with van der Waals surface area (Å²) in [5.41, 5.74) is -0.105. The molecular weight excluding hydrogens is 395 g/mol. The van der Waals surface area contributed by atoms with E-state index in [9.17, 15) is 18.0 Å². The first-order valence-electron chi connectivity index (χ1n) is 8.96. The Bertz CT molecular complexity index is 685. The molecule has 2 aliphatic heterocycles. The zero-order chi connectivity index (χ0) is 19.4. The van der Waals surface area contributed by atoms with Gasteiger partial charge < -0.3 is 14.7 Å². The third kappa shape index (κ3) is 5.28. The van der Waals surface area contributed by atoms with E-state index >= 15 is 0 Å². The topological polar surface area (TPSA) is 26.8 Å². The normalized spacial score (nSPS) is 18.1. The molecule has 3 rings (SSSR count). The molecule has 0 bridgehead atoms. The Morgan fingerprint density at radius 1 is 1.04 bits per heavy atom. The lowest BCUT2D eigenvalue weighted by Crippen LogP contribution is -2.49. The van der Waals surface area contributed by atoms with E-state index in [1.165, 1.54) is 23.9 Å². The van der Waals surface area contributed by atoms with E-state index < -0.39 is 11.7 Å². The lowest BCUT2D eigenvalue weighted by Gasteiger charge is -2.36. The van der Waals surface area contributed by atoms with Crippen LogP contribution in [0.25, 0.3) is 0 Å². The molecule has 148 valence electrons. The van der Waals surface area contributed by atoms with Gasteiger partial charge in [-0.3, -0.25) is 4.79 Å². The van der Waals surface area contributed by atoms with Gasteiger partial charge in [-0.1, -0.05) is 30.0 Å². The summed E-state index contributed by atoms with van der Waals surface area (Å²) in [6.07, 6.45) is -2.06. The van der Waals surface area contributed by atoms with Crippen molar-refractivity contribution in [1.29, 1.82) is 0 Å². The maximum atomic E-state index is 12.9. The van der Waals surface area contributed by atoms with Crippen LogP contribution in [0.3, 0.4) is 0 Å². The van der Waals surface area contributed by atoms with Gasteiger partial charge >= 0.3 is 6.18 Å². The molecule has 0 aliphatic carbocycles. The standard InChI is InChI=1S/C18H22F3N3OS2/c19-18(20,21)14-4-3-5-15(12-14)22-8-10-23(11-9-22)16(25)13-27-17(26)24-6-1-2-7-24/h3-5,12H,1-2,6-11,13H2. The number of rotatable bonds is 3. The largest absolute Gasteiger partial charge is 0.416 e. The number of nitrogens with zero attached hydrogens (tertiary/aromatic N) is 3. The van der Waals surface area contributed by atoms with Crippen molar-refractivity contribution in [1.82, 2.24) is 9.80 Å². The van der Waals surface area contributed by atoms with Crippen LogP contribution in [-0.2, 0) is 11.0 Å². The van der Waals surface area contributed by atoms with Crippen LogP contribution >= 0.6 is 24.0 Å². The number of piperazine rings is 1. The van der Waals surface area contributed by atoms with Crippen molar-refractivity contribution >= 4 is 39.9 Å². The second-order valence-corrected chi connectivity index (χ2v) is 8.27. The average molecular weight is 418 g/mol. The molecule has 1 aromatic rings. The van der Waals surface area contributed by atoms with Crippen LogP contribution in [0.1, 0.15) is 18.4 Å². The summed E-state index contributed by atoms with van der Waals surface area (Å²) in [6, 6.07) is 5.34. The van der Waals surface area contributed by atoms with Gasteiger partial charge in [-0.15, -0.1) is 0 Å². The molecule has 1 amide bonds. The Balaban J connectivity index is 1.48. The van der Waals surface area contributed by atoms with Crippen molar-refractivity contribution in [3.05, 3.63) is 29.8 Å². The molecule has 2 saturated heterocycles. The number of thioether (sulfide) groups is 1. The van der Waals surface area contributed by atoms with Crippen molar-refractivity contribution in [2.45, 2.75) is 19.0 Å². The molecule has 27 heavy (non-hydrogen) atoms. The Kier molecular flexibility index (Phi) is 6.52. The van der Waals surface area contributed by atoms with Gasteiger partial charge in [0.1, 0.15) is 4.32 Å². The summed E-state index contributed by atoms with van der Waals surface area (Å²) in [7, 11) is 0. The van der Waals surface area contributed by atoms with Crippen molar-refractivity contribution in [2.75, 3.05) is 49.9 Å². The van der Waals surface area contributed by atoms with Gasteiger partial charge in [-0.2, -0.15) is 13.2 Å². The Labute approximate surface area is 166 Å². The van der Waals surface area contributed by atoms with Gasteiger partial charge in [0.25, 0.3) is 0 Å². The first kappa shape index (κ1) is 20.3. The van der Waals surface area contributed by atoms with Gasteiger partial charge in [0.05, 0.1) is 11.3 Å². The van der Waals surface area contributed by atoms with E-state index in [1.54, 1.807) is 11.0 Å². The second kappa shape index (κ2) is 8.68. The molecule has 0 saturated carbocycles. The van der Waals surface area contributed by atoms with Crippen LogP contribution in [0.5, 0.6) is 0 Å². The number of anilines is 1. The summed E-state index contributed by atoms with van der Waals surface area (Å²) >= 11 is 6.78. The fourth-order valence-electron chi connectivity index (χ4n) is 3.30. The van der Waals surface area contributed by atoms with Crippen LogP contribution in [0.2, 0.25) is 0 Å². The number of amides is 1. The fourth-order valence-corrected chi connectivity index (χ4v) is 4.45. The van der Waals surface area contributed by atoms with Gasteiger partial charge in [0.15, 0.2) is 0 Å². The van der Waals surface area contributed by atoms with E-state index in [0.717, 1.165) is 36.3 Å². The summed E-state index contributed by atoms with van der Waals surface area (Å²) < 4.78 is 39.4. The van der Waals surface area contributed by atoms with Crippen LogP contribution in [0, 0.1) is 0 Å². The highest BCUT2D eigenvalue weighted by Gasteiger charge is 2.31. The average Bonchev–Trinajstić information content (AvgIpc) is 3.20. The molecule has 0 spiro atoms. The highest BCUT2D eigenvalue weighted by Crippen LogP contribution is 2.32. The quantitative estimate of drug-likeness (QED) is 0.702. The number of benzene rings is 1. The minimum absolute atomic E-state index is 0.0326. The van der Waals surface area contributed by atoms with Crippen molar-refractivity contribution < 1.29 is 18.0 Å². The number of thiocarbonyl (C=S) groups is 1. The molecule has 9 heteroatoms. The fraction of sp³-hybridized carbons (Fsp3) is 0.556. The molecule has 0 atom stereocenters. The maximum Gasteiger partial charge on any atom is 0.416 e. The SMILES string of the molecule is O=C(CSC(=S)N1CCCC1)N1CCN(c2cccc(C(F)(F)F)c2)CC1. The molecule has 0 aromatic heterocycles. The highest BCUT2D eigenvalue weighted by atomic mass is 32.2. The summed E-state index contributed by atoms with van der Waals surface area (Å²) in [4.78, 5) is 18.2. The van der Waals surface area contributed by atoms with E-state index in [0.29, 0.717) is 37.6 Å². The summed E-state index contributed by atoms with van der Waals surface area (Å²) in [5, 5.41) is 0. The van der Waals surface area contributed by atoms with Crippen LogP contribution in [0.15, 0.2) is 24.3 Å². The number of hydrogen-bond donors (Lipinski definition) is 0.